The van der Waals surface area contributed by atoms with E-state index in [0.29, 0.717) is 22.4 Å². The van der Waals surface area contributed by atoms with Gasteiger partial charge in [-0.25, -0.2) is 4.79 Å². The highest BCUT2D eigenvalue weighted by atomic mass is 35.5. The van der Waals surface area contributed by atoms with E-state index in [2.05, 4.69) is 22.4 Å². The fraction of sp³-hybridized carbons (Fsp3) is 0.222. The van der Waals surface area contributed by atoms with Crippen LogP contribution < -0.4 is 11.0 Å². The summed E-state index contributed by atoms with van der Waals surface area (Å²) in [7, 11) is 1.77. The van der Waals surface area contributed by atoms with E-state index < -0.39 is 0 Å². The number of hydrogen-bond acceptors (Lipinski definition) is 3. The van der Waals surface area contributed by atoms with Crippen LogP contribution in [0.15, 0.2) is 47.3 Å². The third kappa shape index (κ3) is 2.39. The van der Waals surface area contributed by atoms with Gasteiger partial charge < -0.3 is 5.32 Å². The molecule has 4 nitrogen and oxygen atoms in total. The van der Waals surface area contributed by atoms with Gasteiger partial charge in [-0.2, -0.15) is 4.98 Å². The first-order valence-corrected chi connectivity index (χ1v) is 8.06. The second kappa shape index (κ2) is 5.39. The zero-order valence-corrected chi connectivity index (χ0v) is 13.5. The molecule has 1 heterocycles. The van der Waals surface area contributed by atoms with Crippen molar-refractivity contribution in [3.8, 4) is 5.69 Å². The highest BCUT2D eigenvalue weighted by Gasteiger charge is 2.24. The monoisotopic (exact) mass is 325 g/mol. The summed E-state index contributed by atoms with van der Waals surface area (Å²) in [5, 5.41) is 4.46. The minimum Gasteiger partial charge on any atom is -0.372 e. The van der Waals surface area contributed by atoms with E-state index in [0.717, 1.165) is 10.9 Å². The molecule has 1 aliphatic rings. The lowest BCUT2D eigenvalue weighted by Gasteiger charge is -2.14. The van der Waals surface area contributed by atoms with E-state index in [1.807, 2.05) is 24.3 Å². The Bertz CT molecular complexity index is 960. The highest BCUT2D eigenvalue weighted by Crippen LogP contribution is 2.41. The molecule has 0 atom stereocenters. The van der Waals surface area contributed by atoms with E-state index >= 15 is 0 Å². The molecule has 5 heteroatoms. The molecule has 0 bridgehead atoms. The molecule has 116 valence electrons. The first-order chi connectivity index (χ1) is 11.2. The molecule has 0 radical (unpaired) electrons. The molecule has 1 N–H and O–H groups in total. The van der Waals surface area contributed by atoms with Crippen molar-refractivity contribution in [1.82, 2.24) is 9.55 Å². The third-order valence-corrected chi connectivity index (χ3v) is 4.62. The van der Waals surface area contributed by atoms with Crippen molar-refractivity contribution >= 4 is 28.3 Å². The molecule has 1 fully saturated rings. The molecule has 0 saturated heterocycles. The minimum absolute atomic E-state index is 0.331. The van der Waals surface area contributed by atoms with Crippen LogP contribution in [0.5, 0.6) is 0 Å². The number of aromatic nitrogens is 2. The standard InChI is InChI=1S/C18H16ClN3O/c1-20-17-13-9-8-12(11-6-7-11)10-16(13)22(18(23)21-17)15-5-3-2-4-14(15)19/h2-5,8-11H,6-7H2,1H3,(H,20,21,23). The number of hydrogen-bond donors (Lipinski definition) is 1. The fourth-order valence-electron chi connectivity index (χ4n) is 2.97. The Balaban J connectivity index is 2.09. The number of nitrogens with one attached hydrogen (secondary N) is 1. The van der Waals surface area contributed by atoms with Crippen molar-refractivity contribution in [2.75, 3.05) is 12.4 Å². The van der Waals surface area contributed by atoms with Crippen molar-refractivity contribution in [1.29, 1.82) is 0 Å². The SMILES string of the molecule is CNc1nc(=O)n(-c2ccccc2Cl)c2cc(C3CC3)ccc12. The van der Waals surface area contributed by atoms with Crippen molar-refractivity contribution in [3.63, 3.8) is 0 Å². The second-order valence-electron chi connectivity index (χ2n) is 5.83. The number of nitrogens with zero attached hydrogens (tertiary/aromatic N) is 2. The summed E-state index contributed by atoms with van der Waals surface area (Å²) < 4.78 is 1.60. The van der Waals surface area contributed by atoms with E-state index in [1.165, 1.54) is 18.4 Å². The molecular weight excluding hydrogens is 310 g/mol. The van der Waals surface area contributed by atoms with Crippen LogP contribution in [0, 0.1) is 0 Å². The molecule has 0 aliphatic heterocycles. The van der Waals surface area contributed by atoms with E-state index in [9.17, 15) is 4.79 Å². The molecule has 2 aromatic carbocycles. The first-order valence-electron chi connectivity index (χ1n) is 7.68. The summed E-state index contributed by atoms with van der Waals surface area (Å²) in [5.74, 6) is 1.20. The summed E-state index contributed by atoms with van der Waals surface area (Å²) in [4.78, 5) is 16.8. The molecule has 1 aliphatic carbocycles. The number of fused-ring (bicyclic) bond motifs is 1. The largest absolute Gasteiger partial charge is 0.372 e. The maximum Gasteiger partial charge on any atom is 0.354 e. The van der Waals surface area contributed by atoms with Crippen LogP contribution in [0.2, 0.25) is 5.02 Å². The maximum atomic E-state index is 12.6. The van der Waals surface area contributed by atoms with Crippen LogP contribution in [0.1, 0.15) is 24.3 Å². The van der Waals surface area contributed by atoms with Gasteiger partial charge in [-0.15, -0.1) is 0 Å². The van der Waals surface area contributed by atoms with Gasteiger partial charge in [0.25, 0.3) is 0 Å². The molecular formula is C18H16ClN3O. The molecule has 4 rings (SSSR count). The van der Waals surface area contributed by atoms with E-state index in [1.54, 1.807) is 17.7 Å². The van der Waals surface area contributed by atoms with Gasteiger partial charge in [-0.1, -0.05) is 29.8 Å². The third-order valence-electron chi connectivity index (χ3n) is 4.30. The van der Waals surface area contributed by atoms with Crippen LogP contribution in [0.25, 0.3) is 16.6 Å². The van der Waals surface area contributed by atoms with Crippen LogP contribution in [-0.2, 0) is 0 Å². The summed E-state index contributed by atoms with van der Waals surface area (Å²) in [6.07, 6.45) is 2.43. The van der Waals surface area contributed by atoms with Crippen molar-refractivity contribution in [2.24, 2.45) is 0 Å². The average Bonchev–Trinajstić information content (AvgIpc) is 3.40. The lowest BCUT2D eigenvalue weighted by molar-refractivity contribution is 0.958. The Hall–Kier alpha value is -2.33. The van der Waals surface area contributed by atoms with Crippen molar-refractivity contribution in [3.05, 3.63) is 63.5 Å². The predicted octanol–water partition coefficient (Wildman–Crippen LogP) is 3.96. The van der Waals surface area contributed by atoms with Crippen LogP contribution in [0.3, 0.4) is 0 Å². The summed E-state index contributed by atoms with van der Waals surface area (Å²) >= 11 is 6.32. The van der Waals surface area contributed by atoms with Crippen LogP contribution in [-0.4, -0.2) is 16.6 Å². The quantitative estimate of drug-likeness (QED) is 0.793. The Labute approximate surface area is 138 Å². The van der Waals surface area contributed by atoms with Gasteiger partial charge in [0.15, 0.2) is 0 Å². The average molecular weight is 326 g/mol. The molecule has 23 heavy (non-hydrogen) atoms. The van der Waals surface area contributed by atoms with E-state index in [-0.39, 0.29) is 5.69 Å². The summed E-state index contributed by atoms with van der Waals surface area (Å²) in [6, 6.07) is 13.6. The molecule has 0 amide bonds. The van der Waals surface area contributed by atoms with Gasteiger partial charge in [0, 0.05) is 12.4 Å². The highest BCUT2D eigenvalue weighted by molar-refractivity contribution is 6.32. The smallest absolute Gasteiger partial charge is 0.354 e. The number of para-hydroxylation sites is 1. The van der Waals surface area contributed by atoms with Gasteiger partial charge in [0.2, 0.25) is 0 Å². The number of anilines is 1. The minimum atomic E-state index is -0.331. The maximum absolute atomic E-state index is 12.6. The van der Waals surface area contributed by atoms with Gasteiger partial charge in [-0.3, -0.25) is 4.57 Å². The second-order valence-corrected chi connectivity index (χ2v) is 6.24. The Morgan fingerprint density at radius 3 is 2.70 bits per heavy atom. The molecule has 0 unspecified atom stereocenters. The van der Waals surface area contributed by atoms with Crippen LogP contribution >= 0.6 is 11.6 Å². The summed E-state index contributed by atoms with van der Waals surface area (Å²) in [6.45, 7) is 0. The van der Waals surface area contributed by atoms with Crippen molar-refractivity contribution < 1.29 is 0 Å². The van der Waals surface area contributed by atoms with E-state index in [4.69, 9.17) is 11.6 Å². The van der Waals surface area contributed by atoms with Gasteiger partial charge in [-0.05, 0) is 48.6 Å². The fourth-order valence-corrected chi connectivity index (χ4v) is 3.19. The zero-order chi connectivity index (χ0) is 16.0. The normalized spacial score (nSPS) is 14.2. The van der Waals surface area contributed by atoms with Crippen LogP contribution in [0.4, 0.5) is 5.82 Å². The Morgan fingerprint density at radius 2 is 2.00 bits per heavy atom. The van der Waals surface area contributed by atoms with Crippen molar-refractivity contribution in [2.45, 2.75) is 18.8 Å². The summed E-state index contributed by atoms with van der Waals surface area (Å²) in [5.41, 5.74) is 2.44. The molecule has 1 saturated carbocycles. The number of halogens is 1. The zero-order valence-electron chi connectivity index (χ0n) is 12.7. The molecule has 1 aromatic heterocycles. The topological polar surface area (TPSA) is 46.9 Å². The van der Waals surface area contributed by atoms with Gasteiger partial charge in [0.05, 0.1) is 16.2 Å². The Morgan fingerprint density at radius 1 is 1.22 bits per heavy atom. The lowest BCUT2D eigenvalue weighted by atomic mass is 10.1. The van der Waals surface area contributed by atoms with Gasteiger partial charge >= 0.3 is 5.69 Å². The number of benzene rings is 2. The molecule has 3 aromatic rings. The molecule has 0 spiro atoms. The number of rotatable bonds is 3. The lowest BCUT2D eigenvalue weighted by Crippen LogP contribution is -2.23. The van der Waals surface area contributed by atoms with Gasteiger partial charge in [0.1, 0.15) is 5.82 Å². The predicted molar refractivity (Wildman–Crippen MR) is 93.9 cm³/mol. The first kappa shape index (κ1) is 14.3. The Kier molecular flexibility index (Phi) is 3.34.